The first kappa shape index (κ1) is 6.14. The van der Waals surface area contributed by atoms with Gasteiger partial charge in [-0.15, -0.1) is 0 Å². The van der Waals surface area contributed by atoms with Crippen LogP contribution in [-0.4, -0.2) is 10.9 Å². The van der Waals surface area contributed by atoms with Crippen molar-refractivity contribution in [2.24, 2.45) is 5.41 Å². The van der Waals surface area contributed by atoms with Crippen molar-refractivity contribution >= 4 is 16.9 Å². The predicted octanol–water partition coefficient (Wildman–Crippen LogP) is 1.68. The van der Waals surface area contributed by atoms with Crippen molar-refractivity contribution < 1.29 is 4.79 Å². The molecule has 2 heteroatoms. The summed E-state index contributed by atoms with van der Waals surface area (Å²) in [5, 5.41) is 0.375. The van der Waals surface area contributed by atoms with Crippen molar-refractivity contribution in [3.05, 3.63) is 0 Å². The first-order chi connectivity index (χ1) is 3.69. The molecule has 0 aromatic rings. The lowest BCUT2D eigenvalue weighted by Gasteiger charge is -2.33. The maximum absolute atomic E-state index is 10.7. The minimum absolute atomic E-state index is 0.0463. The summed E-state index contributed by atoms with van der Waals surface area (Å²) in [4.78, 5) is 10.7. The Labute approximate surface area is 53.8 Å². The maximum atomic E-state index is 10.7. The molecule has 1 aliphatic heterocycles. The monoisotopic (exact) mass is 130 g/mol. The van der Waals surface area contributed by atoms with E-state index in [1.54, 1.807) is 0 Å². The maximum Gasteiger partial charge on any atom is 0.195 e. The van der Waals surface area contributed by atoms with E-state index in [1.165, 1.54) is 11.8 Å². The second kappa shape index (κ2) is 1.76. The van der Waals surface area contributed by atoms with Gasteiger partial charge in [0.15, 0.2) is 5.12 Å². The standard InChI is InChI=1S/C6H10OS/c1-3-6(2)4-8-5(6)7/h3-4H2,1-2H3/t6-/m1/s1. The van der Waals surface area contributed by atoms with Gasteiger partial charge < -0.3 is 0 Å². The summed E-state index contributed by atoms with van der Waals surface area (Å²) >= 11 is 1.45. The Bertz CT molecular complexity index is 118. The third kappa shape index (κ3) is 0.672. The van der Waals surface area contributed by atoms with E-state index in [1.807, 2.05) is 6.92 Å². The number of carbonyl (C=O) groups excluding carboxylic acids is 1. The van der Waals surface area contributed by atoms with Crippen LogP contribution in [0.4, 0.5) is 0 Å². The van der Waals surface area contributed by atoms with Crippen LogP contribution in [0.25, 0.3) is 0 Å². The molecule has 1 atom stereocenters. The van der Waals surface area contributed by atoms with E-state index < -0.39 is 0 Å². The highest BCUT2D eigenvalue weighted by Gasteiger charge is 2.40. The molecular weight excluding hydrogens is 120 g/mol. The SMILES string of the molecule is CC[C@]1(C)CSC1=O. The predicted molar refractivity (Wildman–Crippen MR) is 35.9 cm³/mol. The average molecular weight is 130 g/mol. The Morgan fingerprint density at radius 2 is 2.50 bits per heavy atom. The minimum Gasteiger partial charge on any atom is -0.287 e. The van der Waals surface area contributed by atoms with Crippen molar-refractivity contribution in [2.75, 3.05) is 5.75 Å². The minimum atomic E-state index is 0.0463. The van der Waals surface area contributed by atoms with Crippen LogP contribution in [0, 0.1) is 5.41 Å². The second-order valence-electron chi connectivity index (χ2n) is 2.49. The van der Waals surface area contributed by atoms with E-state index in [0.717, 1.165) is 12.2 Å². The van der Waals surface area contributed by atoms with Gasteiger partial charge in [-0.1, -0.05) is 25.6 Å². The molecular formula is C6H10OS. The van der Waals surface area contributed by atoms with Gasteiger partial charge in [0.2, 0.25) is 0 Å². The van der Waals surface area contributed by atoms with Crippen molar-refractivity contribution in [1.29, 1.82) is 0 Å². The lowest BCUT2D eigenvalue weighted by atomic mass is 9.91. The summed E-state index contributed by atoms with van der Waals surface area (Å²) < 4.78 is 0. The molecule has 0 amide bonds. The van der Waals surface area contributed by atoms with Crippen LogP contribution in [0.1, 0.15) is 20.3 Å². The summed E-state index contributed by atoms with van der Waals surface area (Å²) in [5.74, 6) is 1.03. The Hall–Kier alpha value is 0.0200. The molecule has 1 aliphatic rings. The van der Waals surface area contributed by atoms with Gasteiger partial charge in [-0.05, 0) is 6.42 Å². The first-order valence-corrected chi connectivity index (χ1v) is 3.85. The molecule has 0 aliphatic carbocycles. The van der Waals surface area contributed by atoms with Crippen LogP contribution in [0.5, 0.6) is 0 Å². The first-order valence-electron chi connectivity index (χ1n) is 2.86. The third-order valence-corrected chi connectivity index (χ3v) is 3.33. The smallest absolute Gasteiger partial charge is 0.195 e. The van der Waals surface area contributed by atoms with Gasteiger partial charge in [-0.25, -0.2) is 0 Å². The fourth-order valence-corrected chi connectivity index (χ4v) is 1.73. The fraction of sp³-hybridized carbons (Fsp3) is 0.833. The van der Waals surface area contributed by atoms with Gasteiger partial charge in [-0.2, -0.15) is 0 Å². The average Bonchev–Trinajstić information content (AvgIpc) is 1.83. The Kier molecular flexibility index (Phi) is 1.35. The highest BCUT2D eigenvalue weighted by molar-refractivity contribution is 8.15. The zero-order valence-corrected chi connectivity index (χ0v) is 6.05. The molecule has 1 saturated heterocycles. The summed E-state index contributed by atoms with van der Waals surface area (Å²) in [6, 6.07) is 0. The van der Waals surface area contributed by atoms with E-state index >= 15 is 0 Å². The molecule has 1 heterocycles. The molecule has 1 rings (SSSR count). The van der Waals surface area contributed by atoms with Crippen LogP contribution >= 0.6 is 11.8 Å². The highest BCUT2D eigenvalue weighted by atomic mass is 32.2. The van der Waals surface area contributed by atoms with Crippen LogP contribution in [0.2, 0.25) is 0 Å². The second-order valence-corrected chi connectivity index (χ2v) is 3.44. The van der Waals surface area contributed by atoms with Gasteiger partial charge in [-0.3, -0.25) is 4.79 Å². The third-order valence-electron chi connectivity index (χ3n) is 1.79. The lowest BCUT2D eigenvalue weighted by Crippen LogP contribution is -2.37. The van der Waals surface area contributed by atoms with E-state index in [0.29, 0.717) is 5.12 Å². The molecule has 0 N–H and O–H groups in total. The van der Waals surface area contributed by atoms with Crippen molar-refractivity contribution in [3.63, 3.8) is 0 Å². The van der Waals surface area contributed by atoms with Crippen molar-refractivity contribution in [1.82, 2.24) is 0 Å². The topological polar surface area (TPSA) is 17.1 Å². The van der Waals surface area contributed by atoms with Crippen LogP contribution in [0.3, 0.4) is 0 Å². The molecule has 1 fully saturated rings. The molecule has 0 unspecified atom stereocenters. The molecule has 8 heavy (non-hydrogen) atoms. The fourth-order valence-electron chi connectivity index (χ4n) is 0.624. The van der Waals surface area contributed by atoms with Gasteiger partial charge in [0.05, 0.1) is 0 Å². The molecule has 0 spiro atoms. The zero-order chi connectivity index (χ0) is 6.20. The number of rotatable bonds is 1. The largest absolute Gasteiger partial charge is 0.287 e. The molecule has 0 aromatic heterocycles. The normalized spacial score (nSPS) is 37.0. The van der Waals surface area contributed by atoms with Gasteiger partial charge in [0, 0.05) is 11.2 Å². The van der Waals surface area contributed by atoms with Crippen LogP contribution < -0.4 is 0 Å². The van der Waals surface area contributed by atoms with E-state index in [9.17, 15) is 4.79 Å². The van der Waals surface area contributed by atoms with Crippen molar-refractivity contribution in [2.45, 2.75) is 20.3 Å². The molecule has 1 nitrogen and oxygen atoms in total. The van der Waals surface area contributed by atoms with Crippen molar-refractivity contribution in [3.8, 4) is 0 Å². The summed E-state index contributed by atoms with van der Waals surface area (Å²) in [7, 11) is 0. The Balaban J connectivity index is 2.55. The summed E-state index contributed by atoms with van der Waals surface area (Å²) in [6.45, 7) is 4.10. The van der Waals surface area contributed by atoms with Gasteiger partial charge in [0.25, 0.3) is 0 Å². The van der Waals surface area contributed by atoms with Crippen LogP contribution in [-0.2, 0) is 4.79 Å². The summed E-state index contributed by atoms with van der Waals surface area (Å²) in [5.41, 5.74) is 0.0463. The highest BCUT2D eigenvalue weighted by Crippen LogP contribution is 2.41. The molecule has 0 bridgehead atoms. The number of hydrogen-bond acceptors (Lipinski definition) is 2. The quantitative estimate of drug-likeness (QED) is 0.537. The summed E-state index contributed by atoms with van der Waals surface area (Å²) in [6.07, 6.45) is 0.999. The van der Waals surface area contributed by atoms with E-state index in [-0.39, 0.29) is 5.41 Å². The number of hydrogen-bond donors (Lipinski definition) is 0. The van der Waals surface area contributed by atoms with E-state index in [4.69, 9.17) is 0 Å². The molecule has 0 saturated carbocycles. The number of carbonyl (C=O) groups is 1. The molecule has 0 radical (unpaired) electrons. The van der Waals surface area contributed by atoms with Gasteiger partial charge in [0.1, 0.15) is 0 Å². The van der Waals surface area contributed by atoms with E-state index in [2.05, 4.69) is 6.92 Å². The molecule has 46 valence electrons. The van der Waals surface area contributed by atoms with Crippen LogP contribution in [0.15, 0.2) is 0 Å². The molecule has 0 aromatic carbocycles. The Morgan fingerprint density at radius 1 is 1.88 bits per heavy atom. The zero-order valence-electron chi connectivity index (χ0n) is 5.23. The lowest BCUT2D eigenvalue weighted by molar-refractivity contribution is -0.119. The number of thioether (sulfide) groups is 1. The Morgan fingerprint density at radius 3 is 2.50 bits per heavy atom. The van der Waals surface area contributed by atoms with Gasteiger partial charge >= 0.3 is 0 Å².